The fourth-order valence-electron chi connectivity index (χ4n) is 3.47. The van der Waals surface area contributed by atoms with Crippen LogP contribution in [0.4, 0.5) is 5.95 Å². The third-order valence-electron chi connectivity index (χ3n) is 5.04. The van der Waals surface area contributed by atoms with Crippen molar-refractivity contribution in [3.05, 3.63) is 42.2 Å². The molecule has 1 aromatic heterocycles. The van der Waals surface area contributed by atoms with Crippen molar-refractivity contribution in [1.82, 2.24) is 20.2 Å². The Morgan fingerprint density at radius 3 is 2.57 bits per heavy atom. The summed E-state index contributed by atoms with van der Waals surface area (Å²) in [4.78, 5) is 37.3. The number of aliphatic hydroxyl groups is 1. The third-order valence-corrected chi connectivity index (χ3v) is 5.04. The first kappa shape index (κ1) is 19.9. The first-order valence-corrected chi connectivity index (χ1v) is 9.73. The number of ether oxygens (including phenoxy) is 2. The number of aromatic nitrogens is 2. The van der Waals surface area contributed by atoms with Crippen molar-refractivity contribution >= 4 is 17.8 Å². The number of piperazine rings is 1. The molecule has 2 aliphatic heterocycles. The summed E-state index contributed by atoms with van der Waals surface area (Å²) < 4.78 is 10.6. The van der Waals surface area contributed by atoms with Crippen LogP contribution in [0.2, 0.25) is 0 Å². The number of hydrogen-bond acceptors (Lipinski definition) is 8. The summed E-state index contributed by atoms with van der Waals surface area (Å²) in [6.45, 7) is 1.79. The van der Waals surface area contributed by atoms with E-state index in [4.69, 9.17) is 9.47 Å². The quantitative estimate of drug-likeness (QED) is 0.656. The maximum Gasteiger partial charge on any atom is 0.247 e. The van der Waals surface area contributed by atoms with Crippen LogP contribution >= 0.6 is 0 Å². The lowest BCUT2D eigenvalue weighted by Crippen LogP contribution is -2.56. The number of fused-ring (bicyclic) bond motifs is 1. The average Bonchev–Trinajstić information content (AvgIpc) is 3.25. The zero-order valence-electron chi connectivity index (χ0n) is 16.4. The van der Waals surface area contributed by atoms with E-state index in [1.807, 2.05) is 4.90 Å². The van der Waals surface area contributed by atoms with Crippen molar-refractivity contribution in [1.29, 1.82) is 0 Å². The summed E-state index contributed by atoms with van der Waals surface area (Å²) in [5, 5.41) is 12.3. The number of amides is 2. The van der Waals surface area contributed by atoms with Gasteiger partial charge in [-0.25, -0.2) is 9.97 Å². The van der Waals surface area contributed by atoms with Gasteiger partial charge in [-0.1, -0.05) is 6.07 Å². The molecule has 10 heteroatoms. The van der Waals surface area contributed by atoms with Gasteiger partial charge < -0.3 is 29.7 Å². The molecule has 1 unspecified atom stereocenters. The standard InChI is InChI=1S/C20H23N5O5/c26-12-15(23-18(27)11-14-2-3-16-17(10-14)30-13-29-16)19(28)24-6-8-25(9-7-24)20-21-4-1-5-22-20/h1-5,10,15,26H,6-9,11-13H2,(H,23,27). The van der Waals surface area contributed by atoms with Crippen LogP contribution in [-0.2, 0) is 16.0 Å². The highest BCUT2D eigenvalue weighted by molar-refractivity contribution is 5.88. The maximum absolute atomic E-state index is 12.8. The zero-order valence-corrected chi connectivity index (χ0v) is 16.4. The first-order chi connectivity index (χ1) is 14.6. The highest BCUT2D eigenvalue weighted by Gasteiger charge is 2.29. The number of nitrogens with zero attached hydrogens (tertiary/aromatic N) is 4. The average molecular weight is 413 g/mol. The summed E-state index contributed by atoms with van der Waals surface area (Å²) in [5.74, 6) is 1.21. The van der Waals surface area contributed by atoms with E-state index in [-0.39, 0.29) is 25.0 Å². The predicted octanol–water partition coefficient (Wildman–Crippen LogP) is -0.426. The predicted molar refractivity (Wildman–Crippen MR) is 106 cm³/mol. The molecule has 1 fully saturated rings. The second kappa shape index (κ2) is 8.95. The highest BCUT2D eigenvalue weighted by Crippen LogP contribution is 2.32. The van der Waals surface area contributed by atoms with Crippen LogP contribution in [-0.4, -0.2) is 77.4 Å². The van der Waals surface area contributed by atoms with Crippen molar-refractivity contribution in [2.24, 2.45) is 0 Å². The number of carbonyl (C=O) groups excluding carboxylic acids is 2. The van der Waals surface area contributed by atoms with Crippen LogP contribution in [0, 0.1) is 0 Å². The monoisotopic (exact) mass is 413 g/mol. The number of nitrogens with one attached hydrogen (secondary N) is 1. The molecule has 2 N–H and O–H groups in total. The minimum Gasteiger partial charge on any atom is -0.454 e. The van der Waals surface area contributed by atoms with E-state index in [1.165, 1.54) is 0 Å². The molecule has 0 bridgehead atoms. The van der Waals surface area contributed by atoms with Gasteiger partial charge in [0.2, 0.25) is 24.6 Å². The van der Waals surface area contributed by atoms with Gasteiger partial charge in [0, 0.05) is 38.6 Å². The molecule has 1 atom stereocenters. The summed E-state index contributed by atoms with van der Waals surface area (Å²) in [5.41, 5.74) is 0.734. The van der Waals surface area contributed by atoms with Crippen LogP contribution in [0.1, 0.15) is 5.56 Å². The van der Waals surface area contributed by atoms with Gasteiger partial charge in [-0.3, -0.25) is 9.59 Å². The fraction of sp³-hybridized carbons (Fsp3) is 0.400. The number of anilines is 1. The molecular formula is C20H23N5O5. The Kier molecular flexibility index (Phi) is 5.94. The van der Waals surface area contributed by atoms with Crippen molar-refractivity contribution in [3.8, 4) is 11.5 Å². The van der Waals surface area contributed by atoms with E-state index >= 15 is 0 Å². The SMILES string of the molecule is O=C(Cc1ccc2c(c1)OCO2)NC(CO)C(=O)N1CCN(c2ncccn2)CC1. The van der Waals surface area contributed by atoms with E-state index in [9.17, 15) is 14.7 Å². The Bertz CT molecular complexity index is 902. The van der Waals surface area contributed by atoms with E-state index in [0.717, 1.165) is 5.56 Å². The van der Waals surface area contributed by atoms with Crippen LogP contribution in [0.15, 0.2) is 36.7 Å². The second-order valence-corrected chi connectivity index (χ2v) is 7.03. The molecule has 30 heavy (non-hydrogen) atoms. The van der Waals surface area contributed by atoms with Crippen LogP contribution in [0.3, 0.4) is 0 Å². The Morgan fingerprint density at radius 1 is 1.10 bits per heavy atom. The van der Waals surface area contributed by atoms with Crippen molar-refractivity contribution < 1.29 is 24.2 Å². The molecule has 158 valence electrons. The molecule has 2 aliphatic rings. The number of benzene rings is 1. The largest absolute Gasteiger partial charge is 0.454 e. The van der Waals surface area contributed by atoms with Gasteiger partial charge >= 0.3 is 0 Å². The molecule has 1 saturated heterocycles. The first-order valence-electron chi connectivity index (χ1n) is 9.73. The summed E-state index contributed by atoms with van der Waals surface area (Å²) in [6.07, 6.45) is 3.42. The Hall–Kier alpha value is -3.40. The molecule has 1 aromatic carbocycles. The van der Waals surface area contributed by atoms with Crippen LogP contribution < -0.4 is 19.7 Å². The van der Waals surface area contributed by atoms with Gasteiger partial charge in [0.05, 0.1) is 13.0 Å². The van der Waals surface area contributed by atoms with Gasteiger partial charge in [-0.15, -0.1) is 0 Å². The normalized spacial score (nSPS) is 16.3. The molecular weight excluding hydrogens is 390 g/mol. The van der Waals surface area contributed by atoms with Crippen molar-refractivity contribution in [2.75, 3.05) is 44.5 Å². The summed E-state index contributed by atoms with van der Waals surface area (Å²) in [6, 6.07) is 6.03. The lowest BCUT2D eigenvalue weighted by Gasteiger charge is -2.36. The Morgan fingerprint density at radius 2 is 1.83 bits per heavy atom. The summed E-state index contributed by atoms with van der Waals surface area (Å²) in [7, 11) is 0. The fourth-order valence-corrected chi connectivity index (χ4v) is 3.47. The van der Waals surface area contributed by atoms with Gasteiger partial charge in [-0.05, 0) is 23.8 Å². The zero-order chi connectivity index (χ0) is 20.9. The van der Waals surface area contributed by atoms with E-state index in [2.05, 4.69) is 15.3 Å². The van der Waals surface area contributed by atoms with E-state index in [0.29, 0.717) is 43.6 Å². The van der Waals surface area contributed by atoms with Crippen LogP contribution in [0.25, 0.3) is 0 Å². The minimum absolute atomic E-state index is 0.0690. The summed E-state index contributed by atoms with van der Waals surface area (Å²) >= 11 is 0. The number of aliphatic hydroxyl groups excluding tert-OH is 1. The van der Waals surface area contributed by atoms with Gasteiger partial charge in [0.25, 0.3) is 0 Å². The maximum atomic E-state index is 12.8. The second-order valence-electron chi connectivity index (χ2n) is 7.03. The van der Waals surface area contributed by atoms with E-state index in [1.54, 1.807) is 41.6 Å². The van der Waals surface area contributed by atoms with Gasteiger partial charge in [0.1, 0.15) is 6.04 Å². The topological polar surface area (TPSA) is 117 Å². The number of rotatable bonds is 6. The van der Waals surface area contributed by atoms with Crippen LogP contribution in [0.5, 0.6) is 11.5 Å². The Balaban J connectivity index is 1.30. The molecule has 2 aromatic rings. The highest BCUT2D eigenvalue weighted by atomic mass is 16.7. The molecule has 0 radical (unpaired) electrons. The molecule has 10 nitrogen and oxygen atoms in total. The molecule has 0 saturated carbocycles. The van der Waals surface area contributed by atoms with Gasteiger partial charge in [0.15, 0.2) is 11.5 Å². The van der Waals surface area contributed by atoms with Gasteiger partial charge in [-0.2, -0.15) is 0 Å². The smallest absolute Gasteiger partial charge is 0.247 e. The molecule has 2 amide bonds. The van der Waals surface area contributed by atoms with Crippen molar-refractivity contribution in [2.45, 2.75) is 12.5 Å². The minimum atomic E-state index is -0.981. The lowest BCUT2D eigenvalue weighted by molar-refractivity contribution is -0.137. The number of carbonyl (C=O) groups is 2. The molecule has 4 rings (SSSR count). The molecule has 3 heterocycles. The third kappa shape index (κ3) is 4.43. The van der Waals surface area contributed by atoms with Crippen molar-refractivity contribution in [3.63, 3.8) is 0 Å². The molecule has 0 spiro atoms. The molecule has 0 aliphatic carbocycles. The number of hydrogen-bond donors (Lipinski definition) is 2. The Labute approximate surface area is 173 Å². The van der Waals surface area contributed by atoms with E-state index < -0.39 is 12.6 Å². The lowest BCUT2D eigenvalue weighted by atomic mass is 10.1.